The average molecular weight is 313 g/mol. The van der Waals surface area contributed by atoms with Gasteiger partial charge >= 0.3 is 0 Å². The van der Waals surface area contributed by atoms with Crippen molar-refractivity contribution in [2.75, 3.05) is 20.3 Å². The minimum atomic E-state index is -3.56. The van der Waals surface area contributed by atoms with E-state index in [4.69, 9.17) is 4.74 Å². The van der Waals surface area contributed by atoms with Crippen LogP contribution in [-0.4, -0.2) is 33.8 Å². The Balaban J connectivity index is 2.13. The van der Waals surface area contributed by atoms with Crippen LogP contribution in [0.3, 0.4) is 0 Å². The van der Waals surface area contributed by atoms with Gasteiger partial charge in [-0.15, -0.1) is 0 Å². The van der Waals surface area contributed by atoms with Crippen LogP contribution >= 0.6 is 0 Å². The van der Waals surface area contributed by atoms with Gasteiger partial charge in [-0.3, -0.25) is 0 Å². The number of aliphatic hydroxyl groups is 1. The summed E-state index contributed by atoms with van der Waals surface area (Å²) >= 11 is 0. The number of aliphatic hydroxyl groups excluding tert-OH is 1. The fourth-order valence-corrected chi connectivity index (χ4v) is 4.11. The van der Waals surface area contributed by atoms with Crippen LogP contribution in [0.15, 0.2) is 23.1 Å². The molecule has 1 fully saturated rings. The molecule has 1 saturated carbocycles. The molecule has 0 aliphatic heterocycles. The van der Waals surface area contributed by atoms with Gasteiger partial charge in [0.2, 0.25) is 10.0 Å². The lowest BCUT2D eigenvalue weighted by Gasteiger charge is -2.26. The van der Waals surface area contributed by atoms with E-state index in [2.05, 4.69) is 4.72 Å². The van der Waals surface area contributed by atoms with Crippen molar-refractivity contribution in [3.8, 4) is 5.75 Å². The Morgan fingerprint density at radius 3 is 2.52 bits per heavy atom. The van der Waals surface area contributed by atoms with Crippen molar-refractivity contribution in [1.29, 1.82) is 0 Å². The molecule has 1 aliphatic carbocycles. The van der Waals surface area contributed by atoms with E-state index in [9.17, 15) is 13.5 Å². The first kappa shape index (κ1) is 16.3. The van der Waals surface area contributed by atoms with Gasteiger partial charge < -0.3 is 9.84 Å². The molecule has 2 N–H and O–H groups in total. The van der Waals surface area contributed by atoms with Gasteiger partial charge in [-0.1, -0.05) is 12.8 Å². The van der Waals surface area contributed by atoms with Crippen LogP contribution in [0.25, 0.3) is 0 Å². The topological polar surface area (TPSA) is 75.6 Å². The first-order valence-corrected chi connectivity index (χ1v) is 8.66. The average Bonchev–Trinajstić information content (AvgIpc) is 2.95. The summed E-state index contributed by atoms with van der Waals surface area (Å²) in [4.78, 5) is 0.229. The van der Waals surface area contributed by atoms with Crippen LogP contribution in [0, 0.1) is 12.3 Å². The van der Waals surface area contributed by atoms with E-state index < -0.39 is 10.0 Å². The molecule has 0 aromatic heterocycles. The van der Waals surface area contributed by atoms with Crippen molar-refractivity contribution in [1.82, 2.24) is 4.72 Å². The molecule has 0 amide bonds. The fourth-order valence-electron chi connectivity index (χ4n) is 2.87. The fraction of sp³-hybridized carbons (Fsp3) is 0.600. The van der Waals surface area contributed by atoms with Gasteiger partial charge in [0.25, 0.3) is 0 Å². The van der Waals surface area contributed by atoms with E-state index in [-0.39, 0.29) is 23.5 Å². The van der Waals surface area contributed by atoms with Crippen LogP contribution in [0.5, 0.6) is 5.75 Å². The normalized spacial score (nSPS) is 17.9. The molecule has 1 aliphatic rings. The molecule has 1 aromatic rings. The van der Waals surface area contributed by atoms with Gasteiger partial charge in [0.1, 0.15) is 5.75 Å². The van der Waals surface area contributed by atoms with E-state index in [1.807, 2.05) is 6.92 Å². The Morgan fingerprint density at radius 1 is 1.33 bits per heavy atom. The van der Waals surface area contributed by atoms with Crippen molar-refractivity contribution < 1.29 is 18.3 Å². The third kappa shape index (κ3) is 3.56. The van der Waals surface area contributed by atoms with Crippen LogP contribution in [0.4, 0.5) is 0 Å². The maximum absolute atomic E-state index is 12.4. The lowest BCUT2D eigenvalue weighted by atomic mass is 9.88. The molecule has 21 heavy (non-hydrogen) atoms. The van der Waals surface area contributed by atoms with Gasteiger partial charge in [0, 0.05) is 18.6 Å². The predicted molar refractivity (Wildman–Crippen MR) is 80.9 cm³/mol. The van der Waals surface area contributed by atoms with Crippen molar-refractivity contribution in [2.24, 2.45) is 5.41 Å². The minimum absolute atomic E-state index is 0.0250. The zero-order chi connectivity index (χ0) is 15.5. The molecule has 6 heteroatoms. The number of hydrogen-bond acceptors (Lipinski definition) is 4. The van der Waals surface area contributed by atoms with Crippen molar-refractivity contribution in [3.05, 3.63) is 23.8 Å². The zero-order valence-electron chi connectivity index (χ0n) is 12.6. The second kappa shape index (κ2) is 6.34. The molecule has 0 radical (unpaired) electrons. The summed E-state index contributed by atoms with van der Waals surface area (Å²) in [6.45, 7) is 2.12. The maximum Gasteiger partial charge on any atom is 0.240 e. The standard InChI is InChI=1S/C15H23NO4S/c1-12-9-13(5-6-14(12)20-2)21(18,19)16-10-15(11-17)7-3-4-8-15/h5-6,9,16-17H,3-4,7-8,10-11H2,1-2H3. The summed E-state index contributed by atoms with van der Waals surface area (Å²) in [5.41, 5.74) is 0.479. The zero-order valence-corrected chi connectivity index (χ0v) is 13.4. The lowest BCUT2D eigenvalue weighted by Crippen LogP contribution is -2.38. The first-order valence-electron chi connectivity index (χ1n) is 7.18. The molecular formula is C15H23NO4S. The Morgan fingerprint density at radius 2 is 2.00 bits per heavy atom. The molecule has 0 bridgehead atoms. The number of hydrogen-bond donors (Lipinski definition) is 2. The Bertz CT molecular complexity index is 592. The molecule has 2 rings (SSSR count). The quantitative estimate of drug-likeness (QED) is 0.840. The molecule has 0 heterocycles. The number of rotatable bonds is 6. The molecule has 0 unspecified atom stereocenters. The summed E-state index contributed by atoms with van der Waals surface area (Å²) in [7, 11) is -2.00. The largest absolute Gasteiger partial charge is 0.496 e. The predicted octanol–water partition coefficient (Wildman–Crippen LogP) is 1.83. The summed E-state index contributed by atoms with van der Waals surface area (Å²) in [5.74, 6) is 0.663. The van der Waals surface area contributed by atoms with Crippen LogP contribution in [0.2, 0.25) is 0 Å². The van der Waals surface area contributed by atoms with E-state index in [1.165, 1.54) is 6.07 Å². The highest BCUT2D eigenvalue weighted by atomic mass is 32.2. The molecule has 0 spiro atoms. The molecule has 1 aromatic carbocycles. The van der Waals surface area contributed by atoms with E-state index >= 15 is 0 Å². The Kier molecular flexibility index (Phi) is 4.91. The number of sulfonamides is 1. The monoisotopic (exact) mass is 313 g/mol. The number of methoxy groups -OCH3 is 1. The summed E-state index contributed by atoms with van der Waals surface area (Å²) < 4.78 is 32.5. The molecule has 0 atom stereocenters. The first-order chi connectivity index (χ1) is 9.92. The van der Waals surface area contributed by atoms with Crippen molar-refractivity contribution >= 4 is 10.0 Å². The number of nitrogens with one attached hydrogen (secondary N) is 1. The Labute approximate surface area is 126 Å². The van der Waals surface area contributed by atoms with E-state index in [1.54, 1.807) is 19.2 Å². The third-order valence-electron chi connectivity index (χ3n) is 4.31. The van der Waals surface area contributed by atoms with Crippen LogP contribution in [-0.2, 0) is 10.0 Å². The van der Waals surface area contributed by atoms with E-state index in [0.717, 1.165) is 31.2 Å². The van der Waals surface area contributed by atoms with Gasteiger partial charge in [-0.05, 0) is 43.5 Å². The summed E-state index contributed by atoms with van der Waals surface area (Å²) in [6, 6.07) is 4.79. The second-order valence-corrected chi connectivity index (χ2v) is 7.59. The third-order valence-corrected chi connectivity index (χ3v) is 5.71. The van der Waals surface area contributed by atoms with Crippen molar-refractivity contribution in [2.45, 2.75) is 37.5 Å². The van der Waals surface area contributed by atoms with Gasteiger partial charge in [0.05, 0.1) is 12.0 Å². The SMILES string of the molecule is COc1ccc(S(=O)(=O)NCC2(CO)CCCC2)cc1C. The Hall–Kier alpha value is -1.11. The number of aryl methyl sites for hydroxylation is 1. The number of ether oxygens (including phenoxy) is 1. The summed E-state index contributed by atoms with van der Waals surface area (Å²) in [5, 5.41) is 9.55. The smallest absolute Gasteiger partial charge is 0.240 e. The second-order valence-electron chi connectivity index (χ2n) is 5.82. The maximum atomic E-state index is 12.4. The highest BCUT2D eigenvalue weighted by Crippen LogP contribution is 2.37. The summed E-state index contributed by atoms with van der Waals surface area (Å²) in [6.07, 6.45) is 3.83. The molecule has 5 nitrogen and oxygen atoms in total. The van der Waals surface area contributed by atoms with Crippen LogP contribution < -0.4 is 9.46 Å². The van der Waals surface area contributed by atoms with Crippen molar-refractivity contribution in [3.63, 3.8) is 0 Å². The highest BCUT2D eigenvalue weighted by molar-refractivity contribution is 7.89. The van der Waals surface area contributed by atoms with Gasteiger partial charge in [-0.25, -0.2) is 13.1 Å². The van der Waals surface area contributed by atoms with Gasteiger partial charge in [-0.2, -0.15) is 0 Å². The van der Waals surface area contributed by atoms with Crippen LogP contribution in [0.1, 0.15) is 31.2 Å². The van der Waals surface area contributed by atoms with E-state index in [0.29, 0.717) is 5.75 Å². The number of benzene rings is 1. The molecular weight excluding hydrogens is 290 g/mol. The molecule has 0 saturated heterocycles. The van der Waals surface area contributed by atoms with Gasteiger partial charge in [0.15, 0.2) is 0 Å². The highest BCUT2D eigenvalue weighted by Gasteiger charge is 2.34. The lowest BCUT2D eigenvalue weighted by molar-refractivity contribution is 0.134. The molecule has 118 valence electrons. The minimum Gasteiger partial charge on any atom is -0.496 e.